The van der Waals surface area contributed by atoms with Gasteiger partial charge in [0.1, 0.15) is 24.2 Å². The van der Waals surface area contributed by atoms with Crippen LogP contribution in [0.5, 0.6) is 0 Å². The number of ether oxygens (including phenoxy) is 5. The van der Waals surface area contributed by atoms with Gasteiger partial charge in [0.2, 0.25) is 0 Å². The molecule has 19 atom stereocenters. The monoisotopic (exact) mass is 1150 g/mol. The van der Waals surface area contributed by atoms with Gasteiger partial charge in [-0.05, 0) is 58.8 Å². The number of unbranched alkanes of at least 4 members (excludes halogenated alkanes) is 4. The molecule has 18 nitrogen and oxygen atoms in total. The van der Waals surface area contributed by atoms with Gasteiger partial charge in [-0.1, -0.05) is 152 Å². The number of hydrogen-bond donors (Lipinski definition) is 10. The van der Waals surface area contributed by atoms with Gasteiger partial charge >= 0.3 is 11.9 Å². The molecule has 0 aromatic carbocycles. The van der Waals surface area contributed by atoms with E-state index in [4.69, 9.17) is 23.7 Å². The molecule has 0 aliphatic carbocycles. The van der Waals surface area contributed by atoms with E-state index in [-0.39, 0.29) is 38.2 Å². The van der Waals surface area contributed by atoms with Crippen LogP contribution in [0, 0.1) is 17.8 Å². The molecule has 18 heteroatoms. The SMILES string of the molecule is CCCCOC(=O)[C@H]1[C@@H]2C[C@@H](O[C@@H]3O[C@H](C)[C@@H](O)[C@H]([N+](CCCC)(CCCC)CCCC)[C@@H]3O)C=CC=CC=CC=CC=CC=CC=C[C@H](C)[C@@H](O)[C@@H](C)[C@H](C)OC(=O)C[C@H](O)C[C@H](O)CC[C@@H](O)[C@H](O)C[C@H](O)C[C@](O)(C[C@@H]1O)O2. The van der Waals surface area contributed by atoms with Gasteiger partial charge in [0.15, 0.2) is 18.2 Å². The Morgan fingerprint density at radius 3 is 1.70 bits per heavy atom. The molecule has 3 aliphatic heterocycles. The summed E-state index contributed by atoms with van der Waals surface area (Å²) in [5, 5.41) is 114. The van der Waals surface area contributed by atoms with Crippen LogP contribution in [0.25, 0.3) is 0 Å². The fraction of sp³-hybridized carbons (Fsp3) is 0.746. The fourth-order valence-corrected chi connectivity index (χ4v) is 11.2. The molecule has 0 unspecified atom stereocenters. The van der Waals surface area contributed by atoms with E-state index >= 15 is 0 Å². The number of carbonyl (C=O) groups is 2. The van der Waals surface area contributed by atoms with Crippen LogP contribution in [0.3, 0.4) is 0 Å². The summed E-state index contributed by atoms with van der Waals surface area (Å²) in [4.78, 5) is 26.7. The van der Waals surface area contributed by atoms with E-state index in [1.807, 2.05) is 74.6 Å². The van der Waals surface area contributed by atoms with Gasteiger partial charge in [-0.3, -0.25) is 9.59 Å². The van der Waals surface area contributed by atoms with Crippen LogP contribution in [0.4, 0.5) is 0 Å². The molecular formula is C63H106NO17+. The van der Waals surface area contributed by atoms with Crippen LogP contribution in [0.1, 0.15) is 158 Å². The van der Waals surface area contributed by atoms with Crippen molar-refractivity contribution in [1.82, 2.24) is 0 Å². The highest BCUT2D eigenvalue weighted by molar-refractivity contribution is 5.74. The average molecular weight is 1150 g/mol. The first-order valence-corrected chi connectivity index (χ1v) is 30.3. The summed E-state index contributed by atoms with van der Waals surface area (Å²) in [6.07, 6.45) is 12.6. The Kier molecular flexibility index (Phi) is 33.5. The second kappa shape index (κ2) is 37.8. The Hall–Kier alpha value is -3.44. The van der Waals surface area contributed by atoms with Crippen molar-refractivity contribution >= 4 is 11.9 Å². The van der Waals surface area contributed by atoms with Gasteiger partial charge in [0, 0.05) is 37.5 Å². The van der Waals surface area contributed by atoms with Crippen molar-refractivity contribution in [2.75, 3.05) is 26.2 Å². The molecule has 81 heavy (non-hydrogen) atoms. The minimum absolute atomic E-state index is 0.0708. The van der Waals surface area contributed by atoms with Crippen molar-refractivity contribution in [1.29, 1.82) is 0 Å². The fourth-order valence-electron chi connectivity index (χ4n) is 11.2. The van der Waals surface area contributed by atoms with E-state index < -0.39 is 147 Å². The van der Waals surface area contributed by atoms with E-state index in [0.717, 1.165) is 64.6 Å². The molecule has 2 saturated heterocycles. The number of quaternary nitrogens is 1. The number of rotatable bonds is 16. The lowest BCUT2D eigenvalue weighted by Gasteiger charge is -2.53. The summed E-state index contributed by atoms with van der Waals surface area (Å²) in [5.74, 6) is -5.83. The van der Waals surface area contributed by atoms with Gasteiger partial charge in [-0.25, -0.2) is 0 Å². The largest absolute Gasteiger partial charge is 0.465 e. The zero-order chi connectivity index (χ0) is 60.1. The third kappa shape index (κ3) is 24.6. The van der Waals surface area contributed by atoms with Crippen molar-refractivity contribution < 1.29 is 88.8 Å². The second-order valence-electron chi connectivity index (χ2n) is 23.1. The summed E-state index contributed by atoms with van der Waals surface area (Å²) < 4.78 is 31.1. The van der Waals surface area contributed by atoms with Gasteiger partial charge < -0.3 is 79.2 Å². The molecule has 3 rings (SSSR count). The Bertz CT molecular complexity index is 1970. The number of carbonyl (C=O) groups excluding carboxylic acids is 2. The Morgan fingerprint density at radius 1 is 0.605 bits per heavy atom. The quantitative estimate of drug-likeness (QED) is 0.0466. The Balaban J connectivity index is 2.07. The predicted molar refractivity (Wildman–Crippen MR) is 311 cm³/mol. The third-order valence-electron chi connectivity index (χ3n) is 16.2. The molecule has 0 amide bonds. The molecule has 2 bridgehead atoms. The summed E-state index contributed by atoms with van der Waals surface area (Å²) in [5.41, 5.74) is 0. The normalized spacial score (nSPS) is 36.3. The van der Waals surface area contributed by atoms with Crippen LogP contribution < -0.4 is 0 Å². The number of cyclic esters (lactones) is 1. The number of aliphatic hydroxyl groups is 10. The average Bonchev–Trinajstić information content (AvgIpc) is 3.40. The molecule has 10 N–H and O–H groups in total. The van der Waals surface area contributed by atoms with E-state index in [2.05, 4.69) is 20.8 Å². The summed E-state index contributed by atoms with van der Waals surface area (Å²) in [6, 6.07) is -0.667. The van der Waals surface area contributed by atoms with E-state index in [1.165, 1.54) is 0 Å². The van der Waals surface area contributed by atoms with Gasteiger partial charge in [-0.2, -0.15) is 0 Å². The molecule has 0 aromatic heterocycles. The minimum Gasteiger partial charge on any atom is -0.465 e. The molecule has 3 aliphatic rings. The summed E-state index contributed by atoms with van der Waals surface area (Å²) >= 11 is 0. The van der Waals surface area contributed by atoms with Crippen LogP contribution in [-0.4, -0.2) is 191 Å². The number of fused-ring (bicyclic) bond motifs is 2. The molecule has 0 saturated carbocycles. The lowest BCUT2D eigenvalue weighted by molar-refractivity contribution is -0.961. The van der Waals surface area contributed by atoms with Crippen LogP contribution in [0.2, 0.25) is 0 Å². The second-order valence-corrected chi connectivity index (χ2v) is 23.1. The molecule has 3 heterocycles. The number of allylic oxidation sites excluding steroid dienone is 12. The highest BCUT2D eigenvalue weighted by Crippen LogP contribution is 2.40. The number of nitrogens with zero attached hydrogens (tertiary/aromatic N) is 1. The Morgan fingerprint density at radius 2 is 1.15 bits per heavy atom. The predicted octanol–water partition coefficient (Wildman–Crippen LogP) is 6.23. The van der Waals surface area contributed by atoms with Crippen LogP contribution in [0.15, 0.2) is 85.1 Å². The molecular weight excluding hydrogens is 1040 g/mol. The Labute approximate surface area is 483 Å². The minimum atomic E-state index is -2.28. The smallest absolute Gasteiger partial charge is 0.314 e. The zero-order valence-electron chi connectivity index (χ0n) is 49.9. The van der Waals surface area contributed by atoms with E-state index in [0.29, 0.717) is 10.9 Å². The molecule has 2 fully saturated rings. The van der Waals surface area contributed by atoms with Gasteiger partial charge in [0.25, 0.3) is 0 Å². The standard InChI is InChI=1S/C63H106NO17/c1-9-13-33-64(34-14-10-2,35-15-11-3)57-59(73)46(8)79-62(60(57)74)80-50-30-28-26-24-22-20-18-17-19-21-23-25-27-29-43(5)58(72)44(6)45(7)78-55(71)39-48(66)37-47(65)31-32-51(68)52(69)38-49(67)41-63(76)42-53(70)56(54(40-50)81-63)61(75)77-36-16-12-4/h17-30,43-54,56-60,62,65-70,72-74,76H,9-16,31-42H2,1-8H3/q+1/t43-,44-,45-,46+,47+,48+,49-,50-,51+,52+,53-,54-,56+,57-,58+,59+,60-,62-,63+/m0/s1. The highest BCUT2D eigenvalue weighted by atomic mass is 16.7. The maximum absolute atomic E-state index is 13.9. The van der Waals surface area contributed by atoms with Crippen molar-refractivity contribution in [3.05, 3.63) is 85.1 Å². The molecule has 0 spiro atoms. The first-order chi connectivity index (χ1) is 38.5. The van der Waals surface area contributed by atoms with Crippen molar-refractivity contribution in [3.63, 3.8) is 0 Å². The first-order valence-electron chi connectivity index (χ1n) is 30.3. The van der Waals surface area contributed by atoms with Crippen LogP contribution >= 0.6 is 0 Å². The number of hydrogen-bond acceptors (Lipinski definition) is 17. The van der Waals surface area contributed by atoms with Crippen molar-refractivity contribution in [3.8, 4) is 0 Å². The van der Waals surface area contributed by atoms with Crippen LogP contribution in [-0.2, 0) is 33.3 Å². The molecule has 0 radical (unpaired) electrons. The highest BCUT2D eigenvalue weighted by Gasteiger charge is 2.55. The van der Waals surface area contributed by atoms with E-state index in [1.54, 1.807) is 45.1 Å². The summed E-state index contributed by atoms with van der Waals surface area (Å²) in [6.45, 7) is 17.6. The first kappa shape index (κ1) is 71.8. The topological polar surface area (TPSA) is 283 Å². The zero-order valence-corrected chi connectivity index (χ0v) is 49.9. The lowest BCUT2D eigenvalue weighted by atomic mass is 9.82. The van der Waals surface area contributed by atoms with Crippen molar-refractivity contribution in [2.24, 2.45) is 17.8 Å². The van der Waals surface area contributed by atoms with Gasteiger partial charge in [-0.15, -0.1) is 0 Å². The maximum Gasteiger partial charge on any atom is 0.314 e. The van der Waals surface area contributed by atoms with E-state index in [9.17, 15) is 60.7 Å². The van der Waals surface area contributed by atoms with Crippen molar-refractivity contribution in [2.45, 2.75) is 256 Å². The third-order valence-corrected chi connectivity index (χ3v) is 16.2. The number of aliphatic hydroxyl groups excluding tert-OH is 9. The number of esters is 2. The van der Waals surface area contributed by atoms with Gasteiger partial charge in [0.05, 0.1) is 93.7 Å². The molecule has 464 valence electrons. The molecule has 0 aromatic rings. The maximum atomic E-state index is 13.9. The summed E-state index contributed by atoms with van der Waals surface area (Å²) in [7, 11) is 0. The lowest BCUT2D eigenvalue weighted by Crippen LogP contribution is -2.72.